The van der Waals surface area contributed by atoms with Crippen molar-refractivity contribution in [3.63, 3.8) is 0 Å². The number of nitrogens with zero attached hydrogens (tertiary/aromatic N) is 3. The third-order valence-corrected chi connectivity index (χ3v) is 5.86. The molecule has 0 spiro atoms. The summed E-state index contributed by atoms with van der Waals surface area (Å²) in [7, 11) is 1.28. The fraction of sp³-hybridized carbons (Fsp3) is 0.185. The van der Waals surface area contributed by atoms with Gasteiger partial charge in [-0.15, -0.1) is 5.10 Å². The molecule has 1 amide bonds. The third kappa shape index (κ3) is 5.88. The Morgan fingerprint density at radius 1 is 1.00 bits per heavy atom. The van der Waals surface area contributed by atoms with Crippen molar-refractivity contribution < 1.29 is 33.3 Å². The van der Waals surface area contributed by atoms with Gasteiger partial charge in [0.05, 0.1) is 30.8 Å². The van der Waals surface area contributed by atoms with Crippen LogP contribution >= 0.6 is 0 Å². The molecule has 1 heterocycles. The van der Waals surface area contributed by atoms with Gasteiger partial charge in [0.2, 0.25) is 0 Å². The summed E-state index contributed by atoms with van der Waals surface area (Å²) in [5.41, 5.74) is 1.40. The lowest BCUT2D eigenvalue weighted by molar-refractivity contribution is -0.137. The second-order valence-electron chi connectivity index (χ2n) is 8.45. The molecule has 0 saturated heterocycles. The summed E-state index contributed by atoms with van der Waals surface area (Å²) in [6.45, 7) is 1.71. The van der Waals surface area contributed by atoms with Gasteiger partial charge >= 0.3 is 13.6 Å². The molecule has 11 heteroatoms. The van der Waals surface area contributed by atoms with Gasteiger partial charge in [-0.3, -0.25) is 4.79 Å². The van der Waals surface area contributed by atoms with Gasteiger partial charge in [0.25, 0.3) is 5.91 Å². The smallest absolute Gasteiger partial charge is 0.465 e. The van der Waals surface area contributed by atoms with E-state index in [2.05, 4.69) is 15.6 Å². The molecule has 0 unspecified atom stereocenters. The van der Waals surface area contributed by atoms with Crippen molar-refractivity contribution in [3.05, 3.63) is 107 Å². The highest BCUT2D eigenvalue weighted by atomic mass is 19.4. The normalized spacial score (nSPS) is 12.2. The summed E-state index contributed by atoms with van der Waals surface area (Å²) in [5.74, 6) is -1.51. The molecule has 0 fully saturated rings. The Labute approximate surface area is 216 Å². The van der Waals surface area contributed by atoms with E-state index in [9.17, 15) is 27.2 Å². The lowest BCUT2D eigenvalue weighted by Gasteiger charge is -2.16. The molecule has 0 aliphatic carbocycles. The topological polar surface area (TPSA) is 86.1 Å². The number of amides is 1. The maximum atomic E-state index is 13.5. The average molecular weight is 527 g/mol. The van der Waals surface area contributed by atoms with Crippen LogP contribution in [0.5, 0.6) is 0 Å². The lowest BCUT2D eigenvalue weighted by atomic mass is 10.1. The van der Waals surface area contributed by atoms with Gasteiger partial charge < -0.3 is 10.1 Å². The van der Waals surface area contributed by atoms with E-state index in [-0.39, 0.29) is 19.4 Å². The zero-order valence-electron chi connectivity index (χ0n) is 21.3. The Morgan fingerprint density at radius 3 is 2.21 bits per heavy atom. The van der Waals surface area contributed by atoms with E-state index in [1.54, 1.807) is 31.2 Å². The fourth-order valence-electron chi connectivity index (χ4n) is 3.80. The highest BCUT2D eigenvalue weighted by Gasteiger charge is 2.30. The number of esters is 1. The Kier molecular flexibility index (Phi) is 7.56. The molecular formula is C27H23F4N4O3+. The predicted octanol–water partition coefficient (Wildman–Crippen LogP) is 5.54. The summed E-state index contributed by atoms with van der Waals surface area (Å²) in [4.78, 5) is 25.1. The second-order valence-corrected chi connectivity index (χ2v) is 8.45. The zero-order chi connectivity index (χ0) is 27.4. The molecular weight excluding hydrogens is 504 g/mol. The Bertz CT molecular complexity index is 1440. The Morgan fingerprint density at radius 2 is 1.63 bits per heavy atom. The van der Waals surface area contributed by atoms with E-state index in [1.807, 2.05) is 0 Å². The predicted molar refractivity (Wildman–Crippen MR) is 131 cm³/mol. The molecule has 0 radical (unpaired) electrons. The van der Waals surface area contributed by atoms with E-state index in [0.717, 1.165) is 12.1 Å². The van der Waals surface area contributed by atoms with Crippen molar-refractivity contribution in [3.8, 4) is 11.3 Å². The van der Waals surface area contributed by atoms with Crippen LogP contribution in [-0.4, -0.2) is 34.0 Å². The van der Waals surface area contributed by atoms with Gasteiger partial charge in [-0.05, 0) is 66.6 Å². The molecule has 0 bridgehead atoms. The van der Waals surface area contributed by atoms with E-state index in [0.29, 0.717) is 22.3 Å². The van der Waals surface area contributed by atoms with Crippen LogP contribution in [-0.2, 0) is 17.5 Å². The van der Waals surface area contributed by atoms with Crippen LogP contribution in [0.4, 0.5) is 17.6 Å². The van der Waals surface area contributed by atoms with Crippen LogP contribution in [0.3, 0.4) is 0 Å². The highest BCUT2D eigenvalue weighted by molar-refractivity contribution is 5.98. The number of hydrogen-bond donors (Lipinski definition) is 1. The van der Waals surface area contributed by atoms with Gasteiger partial charge in [-0.25, -0.2) is 13.9 Å². The van der Waals surface area contributed by atoms with Gasteiger partial charge in [-0.1, -0.05) is 29.5 Å². The van der Waals surface area contributed by atoms with Crippen LogP contribution < -0.4 is 5.32 Å². The Hall–Kier alpha value is -4.54. The number of methoxy groups -OCH3 is 1. The van der Waals surface area contributed by atoms with Crippen molar-refractivity contribution in [1.82, 2.24) is 20.3 Å². The molecule has 1 aromatic heterocycles. The number of hydrogen-bond acceptors (Lipinski definition) is 5. The molecule has 0 aliphatic rings. The first-order valence-electron chi connectivity index (χ1n) is 11.4. The number of ether oxygens (including phenoxy) is 1. The van der Waals surface area contributed by atoms with Crippen LogP contribution in [0.25, 0.3) is 11.3 Å². The number of carbonyl (C=O) groups is 2. The van der Waals surface area contributed by atoms with E-state index >= 15 is 0 Å². The van der Waals surface area contributed by atoms with Gasteiger partial charge in [0, 0.05) is 5.56 Å². The monoisotopic (exact) mass is 527 g/mol. The number of benzene rings is 3. The van der Waals surface area contributed by atoms with Crippen molar-refractivity contribution in [1.29, 1.82) is 0 Å². The lowest BCUT2D eigenvalue weighted by Crippen LogP contribution is -2.29. The number of nitrogens with one attached hydrogen (secondary N) is 1. The molecule has 7 nitrogen and oxygen atoms in total. The minimum atomic E-state index is -4.47. The second kappa shape index (κ2) is 10.8. The van der Waals surface area contributed by atoms with Crippen molar-refractivity contribution in [2.24, 2.45) is 0 Å². The van der Waals surface area contributed by atoms with E-state index in [4.69, 9.17) is 4.74 Å². The molecule has 4 rings (SSSR count). The molecule has 38 heavy (non-hydrogen) atoms. The Balaban J connectivity index is 0.00000420. The average Bonchev–Trinajstić information content (AvgIpc) is 3.32. The number of alkyl halides is 3. The fourth-order valence-corrected chi connectivity index (χ4v) is 3.80. The number of carbonyl (C=O) groups excluding carboxylic acids is 2. The van der Waals surface area contributed by atoms with Crippen molar-refractivity contribution in [2.75, 3.05) is 7.11 Å². The molecule has 196 valence electrons. The zero-order valence-corrected chi connectivity index (χ0v) is 20.3. The van der Waals surface area contributed by atoms with Crippen LogP contribution in [0.2, 0.25) is 0 Å². The summed E-state index contributed by atoms with van der Waals surface area (Å²) in [5, 5.41) is 11.0. The largest absolute Gasteiger partial charge is 1.00 e. The first kappa shape index (κ1) is 26.5. The van der Waals surface area contributed by atoms with Crippen molar-refractivity contribution >= 4 is 11.9 Å². The molecule has 1 N–H and O–H groups in total. The van der Waals surface area contributed by atoms with Gasteiger partial charge in [-0.2, -0.15) is 13.2 Å². The third-order valence-electron chi connectivity index (χ3n) is 5.86. The number of rotatable bonds is 7. The van der Waals surface area contributed by atoms with Crippen LogP contribution in [0.1, 0.15) is 51.9 Å². The number of halogens is 4. The minimum Gasteiger partial charge on any atom is -0.465 e. The first-order valence-corrected chi connectivity index (χ1v) is 11.4. The van der Waals surface area contributed by atoms with E-state index < -0.39 is 35.5 Å². The quantitative estimate of drug-likeness (QED) is 0.252. The minimum absolute atomic E-state index is 0. The molecule has 3 aromatic carbocycles. The standard InChI is InChI=1S/C27H22F4N4O3/c1-16(18-5-7-20(8-6-18)26(37)38-2)32-25(36)24-23(19-9-13-22(28)14-10-19)33-34-35(24)15-17-3-11-21(12-4-17)27(29,30)31/h3-14,16H,15H2,1-2H3,(H,32,36)/p+1/t16-/m0/s1. The molecule has 0 saturated carbocycles. The maximum Gasteiger partial charge on any atom is 1.00 e. The summed E-state index contributed by atoms with van der Waals surface area (Å²) in [6, 6.07) is 15.9. The number of aromatic nitrogens is 3. The van der Waals surface area contributed by atoms with E-state index in [1.165, 1.54) is 48.2 Å². The first-order chi connectivity index (χ1) is 18.1. The maximum absolute atomic E-state index is 13.5. The molecule has 0 aliphatic heterocycles. The van der Waals surface area contributed by atoms with Crippen molar-refractivity contribution in [2.45, 2.75) is 25.7 Å². The summed E-state index contributed by atoms with van der Waals surface area (Å²) < 4.78 is 58.3. The van der Waals surface area contributed by atoms with Gasteiger partial charge in [0.1, 0.15) is 11.5 Å². The molecule has 1 atom stereocenters. The summed E-state index contributed by atoms with van der Waals surface area (Å²) in [6.07, 6.45) is -4.47. The SMILES string of the molecule is COC(=O)c1ccc([C@H](C)NC(=O)c2c(-c3ccc(F)cc3)nnn2Cc2ccc(C(F)(F)F)cc2)cc1.[H+]. The molecule has 4 aromatic rings. The highest BCUT2D eigenvalue weighted by Crippen LogP contribution is 2.29. The summed E-state index contributed by atoms with van der Waals surface area (Å²) >= 11 is 0. The van der Waals surface area contributed by atoms with Crippen LogP contribution in [0.15, 0.2) is 72.8 Å². The van der Waals surface area contributed by atoms with Gasteiger partial charge in [0.15, 0.2) is 5.69 Å². The van der Waals surface area contributed by atoms with Crippen LogP contribution in [0, 0.1) is 5.82 Å².